The van der Waals surface area contributed by atoms with Gasteiger partial charge < -0.3 is 15.4 Å². The lowest BCUT2D eigenvalue weighted by atomic mass is 10.0. The molecule has 0 spiro atoms. The fraction of sp³-hybridized carbons (Fsp3) is 0.667. The molecule has 1 fully saturated rings. The molecule has 0 aromatic heterocycles. The molecule has 1 saturated heterocycles. The molecule has 1 aromatic rings. The van der Waals surface area contributed by atoms with Gasteiger partial charge in [0, 0.05) is 19.1 Å². The van der Waals surface area contributed by atoms with E-state index in [2.05, 4.69) is 10.6 Å². The van der Waals surface area contributed by atoms with Crippen molar-refractivity contribution in [2.75, 3.05) is 19.6 Å². The number of sulfonamides is 1. The Kier molecular flexibility index (Phi) is 9.46. The smallest absolute Gasteiger partial charge is 0.325 e. The number of hydrogen-bond acceptors (Lipinski definition) is 6. The summed E-state index contributed by atoms with van der Waals surface area (Å²) in [5, 5.41) is 5.91. The Morgan fingerprint density at radius 3 is 2.39 bits per heavy atom. The summed E-state index contributed by atoms with van der Waals surface area (Å²) in [6.45, 7) is 11.9. The van der Waals surface area contributed by atoms with Crippen LogP contribution in [0.25, 0.3) is 0 Å². The van der Waals surface area contributed by atoms with Gasteiger partial charge in [-0.1, -0.05) is 31.5 Å². The number of carbonyl (C=O) groups is 2. The van der Waals surface area contributed by atoms with Gasteiger partial charge in [0.1, 0.15) is 12.1 Å². The summed E-state index contributed by atoms with van der Waals surface area (Å²) in [5.74, 6) is -0.545. The van der Waals surface area contributed by atoms with Crippen LogP contribution >= 0.6 is 0 Å². The maximum Gasteiger partial charge on any atom is 0.325 e. The number of esters is 1. The Morgan fingerprint density at radius 2 is 1.82 bits per heavy atom. The van der Waals surface area contributed by atoms with Crippen molar-refractivity contribution >= 4 is 21.9 Å². The molecule has 186 valence electrons. The van der Waals surface area contributed by atoms with Crippen LogP contribution in [0.4, 0.5) is 0 Å². The predicted molar refractivity (Wildman–Crippen MR) is 128 cm³/mol. The first-order valence-electron chi connectivity index (χ1n) is 11.6. The molecule has 1 amide bonds. The lowest BCUT2D eigenvalue weighted by Gasteiger charge is -2.27. The van der Waals surface area contributed by atoms with Crippen molar-refractivity contribution in [2.24, 2.45) is 5.92 Å². The van der Waals surface area contributed by atoms with Crippen LogP contribution in [0.5, 0.6) is 0 Å². The molecular weight excluding hydrogens is 442 g/mol. The highest BCUT2D eigenvalue weighted by Gasteiger charge is 2.36. The van der Waals surface area contributed by atoms with E-state index in [-0.39, 0.29) is 29.3 Å². The monoisotopic (exact) mass is 481 g/mol. The van der Waals surface area contributed by atoms with Gasteiger partial charge in [-0.05, 0) is 65.0 Å². The van der Waals surface area contributed by atoms with E-state index in [1.54, 1.807) is 45.0 Å². The van der Waals surface area contributed by atoms with Crippen LogP contribution in [0.2, 0.25) is 0 Å². The molecule has 0 unspecified atom stereocenters. The van der Waals surface area contributed by atoms with Gasteiger partial charge in [0.15, 0.2) is 0 Å². The van der Waals surface area contributed by atoms with Crippen molar-refractivity contribution in [3.8, 4) is 0 Å². The van der Waals surface area contributed by atoms with Gasteiger partial charge in [0.25, 0.3) is 0 Å². The van der Waals surface area contributed by atoms with E-state index >= 15 is 0 Å². The predicted octanol–water partition coefficient (Wildman–Crippen LogP) is 2.61. The molecule has 0 saturated carbocycles. The molecule has 33 heavy (non-hydrogen) atoms. The zero-order valence-corrected chi connectivity index (χ0v) is 21.5. The fourth-order valence-corrected chi connectivity index (χ4v) is 5.56. The number of hydrogen-bond donors (Lipinski definition) is 2. The Bertz CT molecular complexity index is 907. The summed E-state index contributed by atoms with van der Waals surface area (Å²) in [7, 11) is -3.60. The largest absolute Gasteiger partial charge is 0.459 e. The van der Waals surface area contributed by atoms with Gasteiger partial charge in [0.2, 0.25) is 15.9 Å². The second-order valence-electron chi connectivity index (χ2n) is 10.1. The van der Waals surface area contributed by atoms with Crippen LogP contribution in [-0.2, 0) is 24.3 Å². The Hall–Kier alpha value is -1.97. The maximum atomic E-state index is 13.2. The van der Waals surface area contributed by atoms with Crippen LogP contribution in [0.15, 0.2) is 29.2 Å². The van der Waals surface area contributed by atoms with Crippen molar-refractivity contribution in [2.45, 2.75) is 83.4 Å². The minimum Gasteiger partial charge on any atom is -0.459 e. The highest BCUT2D eigenvalue weighted by molar-refractivity contribution is 7.89. The van der Waals surface area contributed by atoms with Crippen molar-refractivity contribution < 1.29 is 22.7 Å². The van der Waals surface area contributed by atoms with Crippen molar-refractivity contribution in [1.82, 2.24) is 14.9 Å². The van der Waals surface area contributed by atoms with E-state index < -0.39 is 27.6 Å². The summed E-state index contributed by atoms with van der Waals surface area (Å²) in [6.07, 6.45) is 2.07. The lowest BCUT2D eigenvalue weighted by molar-refractivity contribution is -0.154. The first-order chi connectivity index (χ1) is 15.3. The molecule has 1 aromatic carbocycles. The second-order valence-corrected chi connectivity index (χ2v) is 12.0. The van der Waals surface area contributed by atoms with E-state index in [9.17, 15) is 18.0 Å². The topological polar surface area (TPSA) is 105 Å². The quantitative estimate of drug-likeness (QED) is 0.498. The van der Waals surface area contributed by atoms with Crippen molar-refractivity contribution in [1.29, 1.82) is 0 Å². The van der Waals surface area contributed by atoms with Crippen molar-refractivity contribution in [3.05, 3.63) is 29.8 Å². The molecule has 0 radical (unpaired) electrons. The maximum absolute atomic E-state index is 13.2. The van der Waals surface area contributed by atoms with Crippen LogP contribution in [0, 0.1) is 12.8 Å². The van der Waals surface area contributed by atoms with Gasteiger partial charge in [0.05, 0.1) is 10.9 Å². The lowest BCUT2D eigenvalue weighted by Crippen LogP contribution is -2.51. The van der Waals surface area contributed by atoms with Crippen LogP contribution in [0.1, 0.15) is 59.4 Å². The van der Waals surface area contributed by atoms with Gasteiger partial charge in [-0.3, -0.25) is 9.59 Å². The minimum atomic E-state index is -3.60. The normalized spacial score (nSPS) is 18.3. The molecule has 1 heterocycles. The second kappa shape index (κ2) is 11.4. The molecule has 0 bridgehead atoms. The molecule has 2 rings (SSSR count). The molecule has 9 heteroatoms. The van der Waals surface area contributed by atoms with Crippen molar-refractivity contribution in [3.63, 3.8) is 0 Å². The van der Waals surface area contributed by atoms with E-state index in [0.717, 1.165) is 18.4 Å². The van der Waals surface area contributed by atoms with E-state index in [1.165, 1.54) is 4.31 Å². The minimum absolute atomic E-state index is 0.205. The standard InChI is InChI=1S/C24H39N3O5S/c1-17(2)14-21(23(29)26-16-22(28)32-24(4,5)6)25-15-19-8-7-13-27(19)33(30,31)20-11-9-18(3)10-12-20/h9-12,17,19,21,25H,7-8,13-16H2,1-6H3,(H,26,29)/t19-,21-/m0/s1. The summed E-state index contributed by atoms with van der Waals surface area (Å²) < 4.78 is 33.1. The highest BCUT2D eigenvalue weighted by Crippen LogP contribution is 2.26. The zero-order valence-electron chi connectivity index (χ0n) is 20.7. The zero-order chi connectivity index (χ0) is 24.8. The SMILES string of the molecule is Cc1ccc(S(=O)(=O)N2CCC[C@H]2CN[C@@H](CC(C)C)C(=O)NCC(=O)OC(C)(C)C)cc1. The third-order valence-corrected chi connectivity index (χ3v) is 7.37. The molecule has 8 nitrogen and oxygen atoms in total. The number of aryl methyl sites for hydroxylation is 1. The van der Waals surface area contributed by atoms with E-state index in [4.69, 9.17) is 4.74 Å². The summed E-state index contributed by atoms with van der Waals surface area (Å²) in [4.78, 5) is 25.0. The van der Waals surface area contributed by atoms with E-state index in [0.29, 0.717) is 19.5 Å². The van der Waals surface area contributed by atoms with E-state index in [1.807, 2.05) is 20.8 Å². The fourth-order valence-electron chi connectivity index (χ4n) is 3.87. The molecule has 0 aliphatic carbocycles. The molecular formula is C24H39N3O5S. The number of nitrogens with one attached hydrogen (secondary N) is 2. The first kappa shape index (κ1) is 27.3. The Morgan fingerprint density at radius 1 is 1.18 bits per heavy atom. The average Bonchev–Trinajstić information content (AvgIpc) is 3.17. The number of carbonyl (C=O) groups excluding carboxylic acids is 2. The van der Waals surface area contributed by atoms with Gasteiger partial charge in [-0.2, -0.15) is 4.31 Å². The number of nitrogens with zero attached hydrogens (tertiary/aromatic N) is 1. The summed E-state index contributed by atoms with van der Waals surface area (Å²) in [5.41, 5.74) is 0.384. The van der Waals surface area contributed by atoms with Crippen LogP contribution in [0.3, 0.4) is 0 Å². The summed E-state index contributed by atoms with van der Waals surface area (Å²) >= 11 is 0. The number of amides is 1. The Balaban J connectivity index is 2.01. The van der Waals surface area contributed by atoms with Crippen LogP contribution in [-0.4, -0.2) is 61.9 Å². The third-order valence-electron chi connectivity index (χ3n) is 5.40. The average molecular weight is 482 g/mol. The van der Waals surface area contributed by atoms with Gasteiger partial charge in [-0.25, -0.2) is 8.42 Å². The number of rotatable bonds is 10. The van der Waals surface area contributed by atoms with Gasteiger partial charge >= 0.3 is 5.97 Å². The number of ether oxygens (including phenoxy) is 1. The Labute approximate surface area is 198 Å². The summed E-state index contributed by atoms with van der Waals surface area (Å²) in [6, 6.07) is 6.10. The van der Waals surface area contributed by atoms with Crippen LogP contribution < -0.4 is 10.6 Å². The molecule has 1 aliphatic rings. The third kappa shape index (κ3) is 8.39. The molecule has 2 atom stereocenters. The first-order valence-corrected chi connectivity index (χ1v) is 13.0. The number of benzene rings is 1. The molecule has 1 aliphatic heterocycles. The molecule has 2 N–H and O–H groups in total. The highest BCUT2D eigenvalue weighted by atomic mass is 32.2. The van der Waals surface area contributed by atoms with Gasteiger partial charge in [-0.15, -0.1) is 0 Å².